The monoisotopic (exact) mass is 152 g/mol. The maximum absolute atomic E-state index is 3.33. The van der Waals surface area contributed by atoms with Gasteiger partial charge in [-0.15, -0.1) is 0 Å². The molecule has 2 nitrogen and oxygen atoms in total. The van der Waals surface area contributed by atoms with Gasteiger partial charge in [-0.2, -0.15) is 0 Å². The molecule has 2 heteroatoms. The van der Waals surface area contributed by atoms with Crippen LogP contribution in [0.1, 0.15) is 20.8 Å². The topological polar surface area (TPSA) is 27.8 Å². The van der Waals surface area contributed by atoms with E-state index < -0.39 is 0 Å². The molecule has 1 rings (SSSR count). The number of rotatable bonds is 2. The molecule has 0 aliphatic heterocycles. The molecule has 0 saturated heterocycles. The predicted molar refractivity (Wildman–Crippen MR) is 48.7 cm³/mol. The standard InChI is InChI=1S/C9H16N2/c1-9(2,3)7-11-8-4-5-10-6-8/h4-6,10-11H,7H2,1-3H3. The van der Waals surface area contributed by atoms with E-state index in [4.69, 9.17) is 0 Å². The van der Waals surface area contributed by atoms with Crippen molar-refractivity contribution >= 4 is 5.69 Å². The van der Waals surface area contributed by atoms with E-state index in [1.807, 2.05) is 18.5 Å². The molecule has 1 heterocycles. The lowest BCUT2D eigenvalue weighted by atomic mass is 9.97. The van der Waals surface area contributed by atoms with Gasteiger partial charge in [-0.1, -0.05) is 20.8 Å². The van der Waals surface area contributed by atoms with E-state index in [-0.39, 0.29) is 0 Å². The van der Waals surface area contributed by atoms with Gasteiger partial charge in [-0.25, -0.2) is 0 Å². The molecule has 0 radical (unpaired) electrons. The summed E-state index contributed by atoms with van der Waals surface area (Å²) in [5.41, 5.74) is 1.51. The summed E-state index contributed by atoms with van der Waals surface area (Å²) in [4.78, 5) is 3.00. The van der Waals surface area contributed by atoms with Crippen molar-refractivity contribution < 1.29 is 0 Å². The van der Waals surface area contributed by atoms with Gasteiger partial charge in [0.15, 0.2) is 0 Å². The van der Waals surface area contributed by atoms with Crippen LogP contribution >= 0.6 is 0 Å². The average Bonchev–Trinajstić information content (AvgIpc) is 2.32. The molecule has 1 aromatic rings. The third-order valence-corrected chi connectivity index (χ3v) is 1.42. The highest BCUT2D eigenvalue weighted by Gasteiger charge is 2.08. The molecule has 0 spiro atoms. The fraction of sp³-hybridized carbons (Fsp3) is 0.556. The third kappa shape index (κ3) is 3.12. The van der Waals surface area contributed by atoms with Gasteiger partial charge in [0.25, 0.3) is 0 Å². The van der Waals surface area contributed by atoms with Gasteiger partial charge >= 0.3 is 0 Å². The van der Waals surface area contributed by atoms with Crippen LogP contribution in [-0.2, 0) is 0 Å². The molecular formula is C9H16N2. The van der Waals surface area contributed by atoms with Crippen LogP contribution in [-0.4, -0.2) is 11.5 Å². The van der Waals surface area contributed by atoms with Crippen LogP contribution in [0.25, 0.3) is 0 Å². The van der Waals surface area contributed by atoms with Crippen molar-refractivity contribution in [3.05, 3.63) is 18.5 Å². The zero-order valence-electron chi connectivity index (χ0n) is 7.44. The Kier molecular flexibility index (Phi) is 2.22. The normalized spacial score (nSPS) is 11.5. The van der Waals surface area contributed by atoms with Gasteiger partial charge in [0.1, 0.15) is 0 Å². The predicted octanol–water partition coefficient (Wildman–Crippen LogP) is 2.47. The summed E-state index contributed by atoms with van der Waals surface area (Å²) in [7, 11) is 0. The van der Waals surface area contributed by atoms with Crippen molar-refractivity contribution in [2.45, 2.75) is 20.8 Å². The van der Waals surface area contributed by atoms with Gasteiger partial charge in [0.2, 0.25) is 0 Å². The van der Waals surface area contributed by atoms with Crippen LogP contribution in [0.15, 0.2) is 18.5 Å². The van der Waals surface area contributed by atoms with Crippen LogP contribution in [0, 0.1) is 5.41 Å². The number of nitrogens with one attached hydrogen (secondary N) is 2. The fourth-order valence-corrected chi connectivity index (χ4v) is 0.801. The first-order chi connectivity index (χ1) is 5.08. The van der Waals surface area contributed by atoms with Crippen LogP contribution in [0.2, 0.25) is 0 Å². The van der Waals surface area contributed by atoms with E-state index in [9.17, 15) is 0 Å². The quantitative estimate of drug-likeness (QED) is 0.669. The van der Waals surface area contributed by atoms with E-state index in [0.717, 1.165) is 6.54 Å². The maximum Gasteiger partial charge on any atom is 0.0517 e. The Balaban J connectivity index is 2.35. The van der Waals surface area contributed by atoms with Gasteiger partial charge in [0, 0.05) is 18.9 Å². The number of hydrogen-bond acceptors (Lipinski definition) is 1. The number of aromatic nitrogens is 1. The first kappa shape index (κ1) is 8.18. The maximum atomic E-state index is 3.33. The summed E-state index contributed by atoms with van der Waals surface area (Å²) >= 11 is 0. The highest BCUT2D eigenvalue weighted by Crippen LogP contribution is 2.14. The first-order valence-electron chi connectivity index (χ1n) is 3.95. The Bertz CT molecular complexity index is 194. The molecule has 0 amide bonds. The summed E-state index contributed by atoms with van der Waals surface area (Å²) < 4.78 is 0. The second kappa shape index (κ2) is 2.99. The zero-order valence-corrected chi connectivity index (χ0v) is 7.44. The Morgan fingerprint density at radius 3 is 2.64 bits per heavy atom. The third-order valence-electron chi connectivity index (χ3n) is 1.42. The van der Waals surface area contributed by atoms with E-state index in [0.29, 0.717) is 5.41 Å². The molecule has 0 aliphatic carbocycles. The molecule has 0 aromatic carbocycles. The van der Waals surface area contributed by atoms with E-state index in [2.05, 4.69) is 31.1 Å². The minimum atomic E-state index is 0.345. The van der Waals surface area contributed by atoms with Crippen LogP contribution in [0.4, 0.5) is 5.69 Å². The molecule has 0 aliphatic rings. The molecule has 2 N–H and O–H groups in total. The minimum absolute atomic E-state index is 0.345. The molecule has 0 saturated carbocycles. The van der Waals surface area contributed by atoms with Crippen LogP contribution < -0.4 is 5.32 Å². The van der Waals surface area contributed by atoms with Crippen molar-refractivity contribution in [1.29, 1.82) is 0 Å². The molecule has 0 atom stereocenters. The van der Waals surface area contributed by atoms with Crippen molar-refractivity contribution in [1.82, 2.24) is 4.98 Å². The first-order valence-corrected chi connectivity index (χ1v) is 3.95. The lowest BCUT2D eigenvalue weighted by Crippen LogP contribution is -2.18. The molecule has 0 fully saturated rings. The van der Waals surface area contributed by atoms with Crippen molar-refractivity contribution in [2.75, 3.05) is 11.9 Å². The van der Waals surface area contributed by atoms with E-state index >= 15 is 0 Å². The van der Waals surface area contributed by atoms with Gasteiger partial charge in [0.05, 0.1) is 5.69 Å². The lowest BCUT2D eigenvalue weighted by Gasteiger charge is -2.18. The Labute approximate surface area is 68.0 Å². The minimum Gasteiger partial charge on any atom is -0.383 e. The van der Waals surface area contributed by atoms with Gasteiger partial charge in [-0.05, 0) is 11.5 Å². The number of hydrogen-bond donors (Lipinski definition) is 2. The number of H-pyrrole nitrogens is 1. The highest BCUT2D eigenvalue weighted by atomic mass is 14.9. The highest BCUT2D eigenvalue weighted by molar-refractivity contribution is 5.40. The largest absolute Gasteiger partial charge is 0.383 e. The van der Waals surface area contributed by atoms with E-state index in [1.165, 1.54) is 5.69 Å². The summed E-state index contributed by atoms with van der Waals surface area (Å²) in [5, 5.41) is 3.33. The second-order valence-electron chi connectivity index (χ2n) is 4.01. The SMILES string of the molecule is CC(C)(C)CNc1cc[nH]c1. The zero-order chi connectivity index (χ0) is 8.32. The second-order valence-corrected chi connectivity index (χ2v) is 4.01. The van der Waals surface area contributed by atoms with Crippen LogP contribution in [0.5, 0.6) is 0 Å². The Hall–Kier alpha value is -0.920. The van der Waals surface area contributed by atoms with Crippen molar-refractivity contribution in [3.8, 4) is 0 Å². The molecule has 11 heavy (non-hydrogen) atoms. The molecule has 1 aromatic heterocycles. The summed E-state index contributed by atoms with van der Waals surface area (Å²) in [6.07, 6.45) is 3.89. The smallest absolute Gasteiger partial charge is 0.0517 e. The summed E-state index contributed by atoms with van der Waals surface area (Å²) in [6.45, 7) is 7.65. The van der Waals surface area contributed by atoms with Gasteiger partial charge < -0.3 is 10.3 Å². The van der Waals surface area contributed by atoms with E-state index in [1.54, 1.807) is 0 Å². The average molecular weight is 152 g/mol. The molecule has 0 unspecified atom stereocenters. The van der Waals surface area contributed by atoms with Crippen molar-refractivity contribution in [2.24, 2.45) is 5.41 Å². The Morgan fingerprint density at radius 1 is 1.45 bits per heavy atom. The van der Waals surface area contributed by atoms with Crippen molar-refractivity contribution in [3.63, 3.8) is 0 Å². The summed E-state index contributed by atoms with van der Waals surface area (Å²) in [5.74, 6) is 0. The molecule has 62 valence electrons. The van der Waals surface area contributed by atoms with Crippen LogP contribution in [0.3, 0.4) is 0 Å². The molecular weight excluding hydrogens is 136 g/mol. The Morgan fingerprint density at radius 2 is 2.18 bits per heavy atom. The fourth-order valence-electron chi connectivity index (χ4n) is 0.801. The lowest BCUT2D eigenvalue weighted by molar-refractivity contribution is 0.443. The number of aromatic amines is 1. The van der Waals surface area contributed by atoms with Gasteiger partial charge in [-0.3, -0.25) is 0 Å². The summed E-state index contributed by atoms with van der Waals surface area (Å²) in [6, 6.07) is 2.03. The number of anilines is 1. The molecule has 0 bridgehead atoms.